The van der Waals surface area contributed by atoms with Gasteiger partial charge in [-0.1, -0.05) is 0 Å². The van der Waals surface area contributed by atoms with Crippen molar-refractivity contribution in [2.45, 2.75) is 20.3 Å². The first-order valence-electron chi connectivity index (χ1n) is 5.90. The summed E-state index contributed by atoms with van der Waals surface area (Å²) in [5.41, 5.74) is 0.856. The lowest BCUT2D eigenvalue weighted by Crippen LogP contribution is -2.14. The molecule has 0 saturated heterocycles. The molecule has 7 nitrogen and oxygen atoms in total. The zero-order valence-electron chi connectivity index (χ0n) is 11.2. The van der Waals surface area contributed by atoms with Crippen molar-refractivity contribution in [3.05, 3.63) is 17.5 Å². The molecule has 0 saturated carbocycles. The molecule has 0 aliphatic heterocycles. The average Bonchev–Trinajstić information content (AvgIpc) is 2.38. The van der Waals surface area contributed by atoms with Gasteiger partial charge < -0.3 is 14.8 Å². The largest absolute Gasteiger partial charge is 0.469 e. The highest BCUT2D eigenvalue weighted by Gasteiger charge is 2.12. The van der Waals surface area contributed by atoms with Gasteiger partial charge in [-0.15, -0.1) is 0 Å². The fourth-order valence-electron chi connectivity index (χ4n) is 1.34. The van der Waals surface area contributed by atoms with Gasteiger partial charge in [-0.3, -0.25) is 4.79 Å². The van der Waals surface area contributed by atoms with Crippen molar-refractivity contribution in [1.29, 1.82) is 0 Å². The molecule has 0 unspecified atom stereocenters. The van der Waals surface area contributed by atoms with Crippen LogP contribution in [0.25, 0.3) is 0 Å². The highest BCUT2D eigenvalue weighted by atomic mass is 16.5. The van der Waals surface area contributed by atoms with E-state index in [4.69, 9.17) is 4.74 Å². The Labute approximate surface area is 111 Å². The summed E-state index contributed by atoms with van der Waals surface area (Å²) in [7, 11) is 1.33. The highest BCUT2D eigenvalue weighted by molar-refractivity contribution is 5.90. The molecule has 0 aromatic carbocycles. The van der Waals surface area contributed by atoms with E-state index >= 15 is 0 Å². The van der Waals surface area contributed by atoms with Crippen LogP contribution >= 0.6 is 0 Å². The van der Waals surface area contributed by atoms with Crippen molar-refractivity contribution in [1.82, 2.24) is 9.97 Å². The molecule has 0 bridgehead atoms. The van der Waals surface area contributed by atoms with Gasteiger partial charge in [0, 0.05) is 12.7 Å². The number of carbonyl (C=O) groups is 2. The van der Waals surface area contributed by atoms with E-state index in [1.807, 2.05) is 0 Å². The zero-order valence-corrected chi connectivity index (χ0v) is 11.2. The van der Waals surface area contributed by atoms with Crippen LogP contribution in [-0.4, -0.2) is 42.2 Å². The molecule has 1 aromatic rings. The molecule has 1 heterocycles. The fourth-order valence-corrected chi connectivity index (χ4v) is 1.34. The summed E-state index contributed by atoms with van der Waals surface area (Å²) in [5, 5.41) is 2.87. The summed E-state index contributed by atoms with van der Waals surface area (Å²) in [6.07, 6.45) is 1.62. The highest BCUT2D eigenvalue weighted by Crippen LogP contribution is 2.08. The minimum absolute atomic E-state index is 0.221. The van der Waals surface area contributed by atoms with Gasteiger partial charge in [0.1, 0.15) is 0 Å². The van der Waals surface area contributed by atoms with Crippen molar-refractivity contribution < 1.29 is 19.1 Å². The molecule has 7 heteroatoms. The Morgan fingerprint density at radius 1 is 1.42 bits per heavy atom. The van der Waals surface area contributed by atoms with Crippen molar-refractivity contribution in [3.8, 4) is 0 Å². The Bertz CT molecular complexity index is 462. The Kier molecular flexibility index (Phi) is 5.72. The number of methoxy groups -OCH3 is 1. The minimum atomic E-state index is -0.443. The molecule has 0 aliphatic rings. The van der Waals surface area contributed by atoms with Gasteiger partial charge in [-0.05, 0) is 13.8 Å². The van der Waals surface area contributed by atoms with Crippen LogP contribution in [-0.2, 0) is 14.3 Å². The average molecular weight is 267 g/mol. The number of aromatic nitrogens is 2. The van der Waals surface area contributed by atoms with Gasteiger partial charge in [0.25, 0.3) is 0 Å². The maximum Gasteiger partial charge on any atom is 0.341 e. The number of nitrogens with one attached hydrogen (secondary N) is 1. The number of rotatable bonds is 6. The van der Waals surface area contributed by atoms with Crippen molar-refractivity contribution in [2.24, 2.45) is 0 Å². The second-order valence-electron chi connectivity index (χ2n) is 3.67. The van der Waals surface area contributed by atoms with Crippen LogP contribution in [0, 0.1) is 6.92 Å². The van der Waals surface area contributed by atoms with E-state index in [-0.39, 0.29) is 12.4 Å². The molecule has 1 rings (SSSR count). The number of nitrogens with zero attached hydrogens (tertiary/aromatic N) is 2. The molecule has 19 heavy (non-hydrogen) atoms. The summed E-state index contributed by atoms with van der Waals surface area (Å²) in [6.45, 7) is 4.10. The van der Waals surface area contributed by atoms with E-state index in [2.05, 4.69) is 20.0 Å². The molecule has 0 radical (unpaired) electrons. The number of anilines is 1. The molecule has 0 atom stereocenters. The predicted octanol–water partition coefficient (Wildman–Crippen LogP) is 0.937. The third kappa shape index (κ3) is 4.53. The number of aryl methyl sites for hydroxylation is 1. The molecule has 0 fully saturated rings. The van der Waals surface area contributed by atoms with Gasteiger partial charge in [-0.25, -0.2) is 14.8 Å². The molecule has 0 aliphatic carbocycles. The molecule has 104 valence electrons. The predicted molar refractivity (Wildman–Crippen MR) is 67.8 cm³/mol. The monoisotopic (exact) mass is 267 g/mol. The first kappa shape index (κ1) is 14.9. The lowest BCUT2D eigenvalue weighted by Gasteiger charge is -2.07. The van der Waals surface area contributed by atoms with Crippen LogP contribution in [0.15, 0.2) is 6.20 Å². The smallest absolute Gasteiger partial charge is 0.341 e. The zero-order chi connectivity index (χ0) is 14.3. The normalized spacial score (nSPS) is 9.84. The Hall–Kier alpha value is -2.18. The Balaban J connectivity index is 2.61. The van der Waals surface area contributed by atoms with Crippen molar-refractivity contribution >= 4 is 17.9 Å². The number of hydrogen-bond donors (Lipinski definition) is 1. The summed E-state index contributed by atoms with van der Waals surface area (Å²) in [4.78, 5) is 30.6. The van der Waals surface area contributed by atoms with Crippen molar-refractivity contribution in [2.75, 3.05) is 25.6 Å². The molecule has 0 spiro atoms. The van der Waals surface area contributed by atoms with Crippen LogP contribution in [0.3, 0.4) is 0 Å². The third-order valence-electron chi connectivity index (χ3n) is 2.31. The number of hydrogen-bond acceptors (Lipinski definition) is 7. The standard InChI is InChI=1S/C12H17N3O4/c1-4-19-11(17)9-7-14-12(15-8(9)2)13-6-5-10(16)18-3/h7H,4-6H2,1-3H3,(H,13,14,15). The SMILES string of the molecule is CCOC(=O)c1cnc(NCCC(=O)OC)nc1C. The quantitative estimate of drug-likeness (QED) is 0.767. The lowest BCUT2D eigenvalue weighted by molar-refractivity contribution is -0.140. The fraction of sp³-hybridized carbons (Fsp3) is 0.500. The summed E-state index contributed by atoms with van der Waals surface area (Å²) in [5.74, 6) is -0.400. The van der Waals surface area contributed by atoms with Crippen LogP contribution in [0.5, 0.6) is 0 Å². The van der Waals surface area contributed by atoms with E-state index in [0.717, 1.165) is 0 Å². The minimum Gasteiger partial charge on any atom is -0.469 e. The lowest BCUT2D eigenvalue weighted by atomic mass is 10.2. The van der Waals surface area contributed by atoms with E-state index in [1.165, 1.54) is 13.3 Å². The van der Waals surface area contributed by atoms with E-state index in [9.17, 15) is 9.59 Å². The van der Waals surface area contributed by atoms with E-state index < -0.39 is 5.97 Å². The summed E-state index contributed by atoms with van der Waals surface area (Å²) < 4.78 is 9.38. The van der Waals surface area contributed by atoms with E-state index in [0.29, 0.717) is 30.4 Å². The van der Waals surface area contributed by atoms with Crippen LogP contribution in [0.4, 0.5) is 5.95 Å². The second-order valence-corrected chi connectivity index (χ2v) is 3.67. The number of carbonyl (C=O) groups excluding carboxylic acids is 2. The van der Waals surface area contributed by atoms with Gasteiger partial charge >= 0.3 is 11.9 Å². The van der Waals surface area contributed by atoms with Gasteiger partial charge in [0.15, 0.2) is 0 Å². The van der Waals surface area contributed by atoms with Crippen LogP contribution in [0.1, 0.15) is 29.4 Å². The molecule has 0 amide bonds. The first-order chi connectivity index (χ1) is 9.08. The number of ether oxygens (including phenoxy) is 2. The maximum atomic E-state index is 11.5. The topological polar surface area (TPSA) is 90.4 Å². The van der Waals surface area contributed by atoms with E-state index in [1.54, 1.807) is 13.8 Å². The Morgan fingerprint density at radius 2 is 2.16 bits per heavy atom. The summed E-state index contributed by atoms with van der Waals surface area (Å²) in [6, 6.07) is 0. The Morgan fingerprint density at radius 3 is 2.74 bits per heavy atom. The third-order valence-corrected chi connectivity index (χ3v) is 2.31. The van der Waals surface area contributed by atoms with Gasteiger partial charge in [0.2, 0.25) is 5.95 Å². The molecular weight excluding hydrogens is 250 g/mol. The van der Waals surface area contributed by atoms with Gasteiger partial charge in [0.05, 0.1) is 31.4 Å². The molecule has 1 N–H and O–H groups in total. The molecular formula is C12H17N3O4. The number of esters is 2. The summed E-state index contributed by atoms with van der Waals surface area (Å²) >= 11 is 0. The van der Waals surface area contributed by atoms with Crippen LogP contribution < -0.4 is 5.32 Å². The first-order valence-corrected chi connectivity index (χ1v) is 5.90. The van der Waals surface area contributed by atoms with Crippen molar-refractivity contribution in [3.63, 3.8) is 0 Å². The van der Waals surface area contributed by atoms with Gasteiger partial charge in [-0.2, -0.15) is 0 Å². The molecule has 1 aromatic heterocycles. The maximum absolute atomic E-state index is 11.5. The van der Waals surface area contributed by atoms with Crippen LogP contribution in [0.2, 0.25) is 0 Å². The second kappa shape index (κ2) is 7.30.